The lowest BCUT2D eigenvalue weighted by Gasteiger charge is -2.19. The van der Waals surface area contributed by atoms with Gasteiger partial charge in [0.2, 0.25) is 0 Å². The molecule has 0 amide bonds. The van der Waals surface area contributed by atoms with Crippen molar-refractivity contribution in [2.75, 3.05) is 26.3 Å². The fraction of sp³-hybridized carbons (Fsp3) is 0.500. The van der Waals surface area contributed by atoms with Gasteiger partial charge in [-0.1, -0.05) is 40.9 Å². The van der Waals surface area contributed by atoms with Gasteiger partial charge in [-0.15, -0.1) is 0 Å². The van der Waals surface area contributed by atoms with E-state index in [0.717, 1.165) is 50.7 Å². The molecule has 6 heteroatoms. The Kier molecular flexibility index (Phi) is 7.89. The van der Waals surface area contributed by atoms with Crippen LogP contribution < -0.4 is 10.6 Å². The van der Waals surface area contributed by atoms with Crippen molar-refractivity contribution in [2.45, 2.75) is 32.7 Å². The van der Waals surface area contributed by atoms with Gasteiger partial charge in [0.05, 0.1) is 19.3 Å². The first-order valence-corrected chi connectivity index (χ1v) is 9.11. The summed E-state index contributed by atoms with van der Waals surface area (Å²) in [5.74, 6) is 0.795. The monoisotopic (exact) mass is 369 g/mol. The average molecular weight is 370 g/mol. The molecule has 0 aromatic heterocycles. The second-order valence-corrected chi connectivity index (χ2v) is 6.57. The first kappa shape index (κ1) is 19.1. The fourth-order valence-corrected chi connectivity index (χ4v) is 3.13. The van der Waals surface area contributed by atoms with Gasteiger partial charge in [-0.05, 0) is 44.4 Å². The third kappa shape index (κ3) is 6.00. The molecule has 1 unspecified atom stereocenters. The summed E-state index contributed by atoms with van der Waals surface area (Å²) in [6.07, 6.45) is 4.14. The summed E-state index contributed by atoms with van der Waals surface area (Å²) in [7, 11) is 0. The molecular weight excluding hydrogens is 345 g/mol. The minimum absolute atomic E-state index is 0.0369. The molecule has 4 nitrogen and oxygen atoms in total. The number of rotatable bonds is 6. The van der Waals surface area contributed by atoms with Crippen LogP contribution in [0.4, 0.5) is 0 Å². The SMILES string of the molecule is CCNC(=NCCC1=CCOCC1)NC(C)c1ccc(Cl)cc1Cl. The molecule has 0 saturated heterocycles. The highest BCUT2D eigenvalue weighted by molar-refractivity contribution is 6.35. The lowest BCUT2D eigenvalue weighted by Crippen LogP contribution is -2.38. The number of hydrogen-bond acceptors (Lipinski definition) is 2. The van der Waals surface area contributed by atoms with Crippen molar-refractivity contribution in [2.24, 2.45) is 4.99 Å². The molecule has 1 aliphatic rings. The molecule has 0 radical (unpaired) electrons. The van der Waals surface area contributed by atoms with Crippen molar-refractivity contribution in [1.29, 1.82) is 0 Å². The molecule has 0 fully saturated rings. The number of nitrogens with zero attached hydrogens (tertiary/aromatic N) is 1. The van der Waals surface area contributed by atoms with E-state index in [1.54, 1.807) is 6.07 Å². The summed E-state index contributed by atoms with van der Waals surface area (Å²) in [6, 6.07) is 5.59. The van der Waals surface area contributed by atoms with Gasteiger partial charge < -0.3 is 15.4 Å². The number of benzene rings is 1. The number of halogens is 2. The second kappa shape index (κ2) is 9.92. The highest BCUT2D eigenvalue weighted by Crippen LogP contribution is 2.26. The smallest absolute Gasteiger partial charge is 0.191 e. The van der Waals surface area contributed by atoms with E-state index in [2.05, 4.69) is 35.5 Å². The van der Waals surface area contributed by atoms with Gasteiger partial charge in [0.25, 0.3) is 0 Å². The number of ether oxygens (including phenoxy) is 1. The van der Waals surface area contributed by atoms with Crippen LogP contribution in [0.2, 0.25) is 10.0 Å². The topological polar surface area (TPSA) is 45.7 Å². The van der Waals surface area contributed by atoms with E-state index in [0.29, 0.717) is 10.0 Å². The zero-order chi connectivity index (χ0) is 17.4. The van der Waals surface area contributed by atoms with Gasteiger partial charge in [0.1, 0.15) is 0 Å². The van der Waals surface area contributed by atoms with Crippen LogP contribution in [-0.2, 0) is 4.74 Å². The summed E-state index contributed by atoms with van der Waals surface area (Å²) in [5, 5.41) is 7.97. The molecular formula is C18H25Cl2N3O. The molecule has 0 spiro atoms. The lowest BCUT2D eigenvalue weighted by atomic mass is 10.1. The zero-order valence-corrected chi connectivity index (χ0v) is 15.8. The Morgan fingerprint density at radius 2 is 2.21 bits per heavy atom. The van der Waals surface area contributed by atoms with Gasteiger partial charge in [-0.3, -0.25) is 4.99 Å². The minimum atomic E-state index is 0.0369. The van der Waals surface area contributed by atoms with Crippen molar-refractivity contribution >= 4 is 29.2 Å². The first-order chi connectivity index (χ1) is 11.6. The van der Waals surface area contributed by atoms with Crippen molar-refractivity contribution in [1.82, 2.24) is 10.6 Å². The Balaban J connectivity index is 1.95. The van der Waals surface area contributed by atoms with E-state index in [4.69, 9.17) is 27.9 Å². The number of aliphatic imine (C=N–C) groups is 1. The van der Waals surface area contributed by atoms with Crippen LogP contribution in [0.5, 0.6) is 0 Å². The van der Waals surface area contributed by atoms with E-state index >= 15 is 0 Å². The normalized spacial score (nSPS) is 16.5. The Labute approximate surface area is 154 Å². The van der Waals surface area contributed by atoms with E-state index in [1.165, 1.54) is 5.57 Å². The maximum atomic E-state index is 6.29. The van der Waals surface area contributed by atoms with Crippen molar-refractivity contribution in [3.05, 3.63) is 45.5 Å². The van der Waals surface area contributed by atoms with Crippen LogP contribution in [0.3, 0.4) is 0 Å². The Morgan fingerprint density at radius 1 is 1.38 bits per heavy atom. The van der Waals surface area contributed by atoms with Crippen LogP contribution >= 0.6 is 23.2 Å². The summed E-state index contributed by atoms with van der Waals surface area (Å²) >= 11 is 12.3. The molecule has 24 heavy (non-hydrogen) atoms. The standard InChI is InChI=1S/C18H25Cl2N3O/c1-3-21-18(22-9-6-14-7-10-24-11-8-14)23-13(2)16-5-4-15(19)12-17(16)20/h4-5,7,12-13H,3,6,8-11H2,1-2H3,(H2,21,22,23). The van der Waals surface area contributed by atoms with Crippen LogP contribution in [0.25, 0.3) is 0 Å². The predicted octanol–water partition coefficient (Wildman–Crippen LogP) is 4.35. The molecule has 1 aromatic rings. The largest absolute Gasteiger partial charge is 0.377 e. The van der Waals surface area contributed by atoms with Crippen LogP contribution in [-0.4, -0.2) is 32.3 Å². The van der Waals surface area contributed by atoms with E-state index in [-0.39, 0.29) is 6.04 Å². The molecule has 2 N–H and O–H groups in total. The molecule has 1 aliphatic heterocycles. The second-order valence-electron chi connectivity index (χ2n) is 5.73. The number of nitrogens with one attached hydrogen (secondary N) is 2. The third-order valence-corrected chi connectivity index (χ3v) is 4.45. The summed E-state index contributed by atoms with van der Waals surface area (Å²) in [6.45, 7) is 7.22. The molecule has 2 rings (SSSR count). The predicted molar refractivity (Wildman–Crippen MR) is 102 cm³/mol. The summed E-state index contributed by atoms with van der Waals surface area (Å²) in [4.78, 5) is 4.66. The van der Waals surface area contributed by atoms with Gasteiger partial charge in [-0.2, -0.15) is 0 Å². The maximum absolute atomic E-state index is 6.29. The minimum Gasteiger partial charge on any atom is -0.377 e. The zero-order valence-electron chi connectivity index (χ0n) is 14.2. The lowest BCUT2D eigenvalue weighted by molar-refractivity contribution is 0.153. The van der Waals surface area contributed by atoms with Gasteiger partial charge in [0, 0.05) is 23.1 Å². The molecule has 1 aromatic carbocycles. The first-order valence-electron chi connectivity index (χ1n) is 8.35. The van der Waals surface area contributed by atoms with E-state index in [9.17, 15) is 0 Å². The molecule has 0 saturated carbocycles. The average Bonchev–Trinajstić information content (AvgIpc) is 2.55. The van der Waals surface area contributed by atoms with Crippen LogP contribution in [0.1, 0.15) is 38.3 Å². The quantitative estimate of drug-likeness (QED) is 0.445. The van der Waals surface area contributed by atoms with Gasteiger partial charge >= 0.3 is 0 Å². The molecule has 132 valence electrons. The third-order valence-electron chi connectivity index (χ3n) is 3.89. The van der Waals surface area contributed by atoms with Crippen molar-refractivity contribution in [3.8, 4) is 0 Å². The number of hydrogen-bond donors (Lipinski definition) is 2. The summed E-state index contributed by atoms with van der Waals surface area (Å²) in [5.41, 5.74) is 2.42. The van der Waals surface area contributed by atoms with Crippen LogP contribution in [0, 0.1) is 0 Å². The molecule has 0 bridgehead atoms. The summed E-state index contributed by atoms with van der Waals surface area (Å²) < 4.78 is 5.33. The Morgan fingerprint density at radius 3 is 2.88 bits per heavy atom. The Hall–Kier alpha value is -1.23. The van der Waals surface area contributed by atoms with Gasteiger partial charge in [0.15, 0.2) is 5.96 Å². The van der Waals surface area contributed by atoms with E-state index in [1.807, 2.05) is 12.1 Å². The maximum Gasteiger partial charge on any atom is 0.191 e. The fourth-order valence-electron chi connectivity index (χ4n) is 2.56. The Bertz CT molecular complexity index is 602. The van der Waals surface area contributed by atoms with Crippen molar-refractivity contribution < 1.29 is 4.74 Å². The highest BCUT2D eigenvalue weighted by Gasteiger charge is 2.12. The highest BCUT2D eigenvalue weighted by atomic mass is 35.5. The van der Waals surface area contributed by atoms with Crippen LogP contribution in [0.15, 0.2) is 34.8 Å². The van der Waals surface area contributed by atoms with Crippen molar-refractivity contribution in [3.63, 3.8) is 0 Å². The molecule has 1 atom stereocenters. The van der Waals surface area contributed by atoms with E-state index < -0.39 is 0 Å². The van der Waals surface area contributed by atoms with Gasteiger partial charge in [-0.25, -0.2) is 0 Å². The molecule has 0 aliphatic carbocycles. The number of guanidine groups is 1. The molecule has 1 heterocycles.